The van der Waals surface area contributed by atoms with Gasteiger partial charge in [0.05, 0.1) is 5.69 Å². The molecule has 0 aromatic carbocycles. The van der Waals surface area contributed by atoms with Crippen LogP contribution in [0.4, 0.5) is 11.8 Å². The first-order valence-corrected chi connectivity index (χ1v) is 8.00. The Balaban J connectivity index is 1.92. The van der Waals surface area contributed by atoms with Crippen LogP contribution in [0.2, 0.25) is 0 Å². The van der Waals surface area contributed by atoms with Crippen molar-refractivity contribution in [2.24, 2.45) is 0 Å². The smallest absolute Gasteiger partial charge is 0.227 e. The molecule has 0 unspecified atom stereocenters. The van der Waals surface area contributed by atoms with Crippen molar-refractivity contribution < 1.29 is 0 Å². The Kier molecular flexibility index (Phi) is 3.59. The molecule has 18 heavy (non-hydrogen) atoms. The first kappa shape index (κ1) is 12.1. The van der Waals surface area contributed by atoms with Crippen molar-refractivity contribution in [3.8, 4) is 0 Å². The third kappa shape index (κ3) is 2.28. The molecule has 0 atom stereocenters. The van der Waals surface area contributed by atoms with Crippen LogP contribution in [0.25, 0.3) is 0 Å². The van der Waals surface area contributed by atoms with Crippen molar-refractivity contribution in [2.75, 3.05) is 29.9 Å². The number of hydrogen-bond donors (Lipinski definition) is 1. The van der Waals surface area contributed by atoms with Crippen LogP contribution in [0, 0.1) is 0 Å². The zero-order chi connectivity index (χ0) is 12.4. The van der Waals surface area contributed by atoms with E-state index in [1.54, 1.807) is 0 Å². The molecule has 3 rings (SSSR count). The maximum atomic E-state index is 4.77. The molecule has 1 N–H and O–H groups in total. The maximum Gasteiger partial charge on any atom is 0.227 e. The molecule has 0 aliphatic carbocycles. The zero-order valence-electron chi connectivity index (χ0n) is 10.9. The van der Waals surface area contributed by atoms with Crippen molar-refractivity contribution in [1.29, 1.82) is 0 Å². The molecule has 2 aliphatic rings. The highest BCUT2D eigenvalue weighted by molar-refractivity contribution is 7.98. The van der Waals surface area contributed by atoms with Crippen LogP contribution in [-0.2, 0) is 11.5 Å². The highest BCUT2D eigenvalue weighted by Gasteiger charge is 2.22. The van der Waals surface area contributed by atoms with Crippen molar-refractivity contribution in [3.63, 3.8) is 0 Å². The fraction of sp³-hybridized carbons (Fsp3) is 0.692. The number of anilines is 2. The third-order valence-electron chi connectivity index (χ3n) is 3.55. The Morgan fingerprint density at radius 2 is 2.00 bits per heavy atom. The first-order chi connectivity index (χ1) is 8.88. The van der Waals surface area contributed by atoms with E-state index in [9.17, 15) is 0 Å². The third-order valence-corrected chi connectivity index (χ3v) is 4.52. The van der Waals surface area contributed by atoms with Gasteiger partial charge >= 0.3 is 0 Å². The molecule has 3 heterocycles. The van der Waals surface area contributed by atoms with Gasteiger partial charge in [-0.2, -0.15) is 16.7 Å². The van der Waals surface area contributed by atoms with Crippen LogP contribution in [0.1, 0.15) is 37.4 Å². The molecule has 0 saturated carbocycles. The van der Waals surface area contributed by atoms with Crippen molar-refractivity contribution in [1.82, 2.24) is 9.97 Å². The number of nitrogens with one attached hydrogen (secondary N) is 1. The summed E-state index contributed by atoms with van der Waals surface area (Å²) in [6.07, 6.45) is 3.88. The van der Waals surface area contributed by atoms with Gasteiger partial charge in [0.15, 0.2) is 0 Å². The zero-order valence-corrected chi connectivity index (χ0v) is 11.7. The summed E-state index contributed by atoms with van der Waals surface area (Å²) >= 11 is 1.94. The van der Waals surface area contributed by atoms with E-state index in [0.717, 1.165) is 42.9 Å². The number of fused-ring (bicyclic) bond motifs is 1. The molecule has 0 radical (unpaired) electrons. The Hall–Kier alpha value is -0.970. The summed E-state index contributed by atoms with van der Waals surface area (Å²) < 4.78 is 0. The quantitative estimate of drug-likeness (QED) is 0.909. The molecule has 5 heteroatoms. The summed E-state index contributed by atoms with van der Waals surface area (Å²) in [5.74, 6) is 4.09. The summed E-state index contributed by atoms with van der Waals surface area (Å²) in [5, 5.41) is 3.40. The summed E-state index contributed by atoms with van der Waals surface area (Å²) in [5.41, 5.74) is 2.56. The summed E-state index contributed by atoms with van der Waals surface area (Å²) in [6.45, 7) is 5.26. The lowest BCUT2D eigenvalue weighted by atomic mass is 10.1. The van der Waals surface area contributed by atoms with E-state index in [-0.39, 0.29) is 0 Å². The van der Waals surface area contributed by atoms with Crippen molar-refractivity contribution in [3.05, 3.63) is 11.3 Å². The predicted octanol–water partition coefficient (Wildman–Crippen LogP) is 2.65. The number of piperidine rings is 1. The molecule has 1 saturated heterocycles. The summed E-state index contributed by atoms with van der Waals surface area (Å²) in [7, 11) is 0. The van der Waals surface area contributed by atoms with Crippen LogP contribution in [0.3, 0.4) is 0 Å². The number of rotatable bonds is 3. The minimum absolute atomic E-state index is 0.924. The lowest BCUT2D eigenvalue weighted by Gasteiger charge is -2.27. The van der Waals surface area contributed by atoms with Crippen LogP contribution in [0.15, 0.2) is 0 Å². The minimum Gasteiger partial charge on any atom is -0.370 e. The topological polar surface area (TPSA) is 41.1 Å². The average Bonchev–Trinajstić information content (AvgIpc) is 2.88. The lowest BCUT2D eigenvalue weighted by molar-refractivity contribution is 0.567. The van der Waals surface area contributed by atoms with E-state index < -0.39 is 0 Å². The van der Waals surface area contributed by atoms with Crippen molar-refractivity contribution >= 4 is 23.5 Å². The number of thioether (sulfide) groups is 1. The molecule has 4 nitrogen and oxygen atoms in total. The Morgan fingerprint density at radius 3 is 2.78 bits per heavy atom. The molecule has 0 bridgehead atoms. The molecule has 1 aromatic heterocycles. The Labute approximate surface area is 113 Å². The van der Waals surface area contributed by atoms with Crippen LogP contribution < -0.4 is 10.2 Å². The maximum absolute atomic E-state index is 4.77. The van der Waals surface area contributed by atoms with Gasteiger partial charge in [-0.1, -0.05) is 0 Å². The second kappa shape index (κ2) is 5.34. The Bertz CT molecular complexity index is 429. The Morgan fingerprint density at radius 1 is 1.17 bits per heavy atom. The number of aromatic nitrogens is 2. The van der Waals surface area contributed by atoms with Gasteiger partial charge in [0.2, 0.25) is 5.95 Å². The van der Waals surface area contributed by atoms with E-state index in [4.69, 9.17) is 9.97 Å². The molecule has 0 spiro atoms. The second-order valence-corrected chi connectivity index (χ2v) is 5.85. The van der Waals surface area contributed by atoms with E-state index in [1.807, 2.05) is 11.8 Å². The molecule has 1 aromatic rings. The molecular formula is C13H20N4S. The monoisotopic (exact) mass is 264 g/mol. The molecule has 98 valence electrons. The van der Waals surface area contributed by atoms with Crippen molar-refractivity contribution in [2.45, 2.75) is 37.7 Å². The number of nitrogens with zero attached hydrogens (tertiary/aromatic N) is 3. The standard InChI is InChI=1S/C13H20N4S/c1-2-14-12-10-8-18-9-11(10)15-13(16-12)17-6-4-3-5-7-17/h2-9H2,1H3,(H,14,15,16). The van der Waals surface area contributed by atoms with Crippen LogP contribution in [0.5, 0.6) is 0 Å². The van der Waals surface area contributed by atoms with Gasteiger partial charge in [-0.25, -0.2) is 4.98 Å². The van der Waals surface area contributed by atoms with Gasteiger partial charge in [0.25, 0.3) is 0 Å². The highest BCUT2D eigenvalue weighted by atomic mass is 32.2. The molecule has 1 fully saturated rings. The van der Waals surface area contributed by atoms with E-state index in [1.165, 1.54) is 30.5 Å². The van der Waals surface area contributed by atoms with Crippen LogP contribution >= 0.6 is 11.8 Å². The second-order valence-electron chi connectivity index (χ2n) is 4.87. The fourth-order valence-electron chi connectivity index (χ4n) is 2.59. The van der Waals surface area contributed by atoms with E-state index in [0.29, 0.717) is 0 Å². The normalized spacial score (nSPS) is 18.8. The van der Waals surface area contributed by atoms with Gasteiger partial charge in [0, 0.05) is 36.7 Å². The van der Waals surface area contributed by atoms with Gasteiger partial charge < -0.3 is 10.2 Å². The average molecular weight is 264 g/mol. The predicted molar refractivity (Wildman–Crippen MR) is 77.3 cm³/mol. The molecule has 0 amide bonds. The minimum atomic E-state index is 0.924. The largest absolute Gasteiger partial charge is 0.370 e. The molecular weight excluding hydrogens is 244 g/mol. The highest BCUT2D eigenvalue weighted by Crippen LogP contribution is 2.34. The summed E-state index contributed by atoms with van der Waals surface area (Å²) in [6, 6.07) is 0. The lowest BCUT2D eigenvalue weighted by Crippen LogP contribution is -2.31. The van der Waals surface area contributed by atoms with Crippen LogP contribution in [-0.4, -0.2) is 29.6 Å². The summed E-state index contributed by atoms with van der Waals surface area (Å²) in [4.78, 5) is 11.9. The van der Waals surface area contributed by atoms with E-state index >= 15 is 0 Å². The van der Waals surface area contributed by atoms with Gasteiger partial charge in [-0.15, -0.1) is 0 Å². The van der Waals surface area contributed by atoms with Gasteiger partial charge in [-0.05, 0) is 26.2 Å². The fourth-order valence-corrected chi connectivity index (χ4v) is 3.63. The van der Waals surface area contributed by atoms with E-state index in [2.05, 4.69) is 17.1 Å². The van der Waals surface area contributed by atoms with Gasteiger partial charge in [0.1, 0.15) is 5.82 Å². The van der Waals surface area contributed by atoms with Gasteiger partial charge in [-0.3, -0.25) is 0 Å². The number of hydrogen-bond acceptors (Lipinski definition) is 5. The molecule has 2 aliphatic heterocycles. The first-order valence-electron chi connectivity index (χ1n) is 6.85. The SMILES string of the molecule is CCNc1nc(N2CCCCC2)nc2c1CSC2.